The van der Waals surface area contributed by atoms with E-state index in [1.54, 1.807) is 0 Å². The minimum atomic E-state index is -0.439. The highest BCUT2D eigenvalue weighted by Crippen LogP contribution is 2.64. The van der Waals surface area contributed by atoms with Crippen molar-refractivity contribution in [3.05, 3.63) is 235 Å². The molecule has 0 bridgehead atoms. The summed E-state index contributed by atoms with van der Waals surface area (Å²) in [4.78, 5) is 16.0. The van der Waals surface area contributed by atoms with Gasteiger partial charge >= 0.3 is 0 Å². The highest BCUT2D eigenvalue weighted by atomic mass is 16.3. The van der Waals surface area contributed by atoms with Gasteiger partial charge < -0.3 is 13.3 Å². The average Bonchev–Trinajstić information content (AvgIpc) is 4.23. The second kappa shape index (κ2) is 13.8. The first-order valence-electron chi connectivity index (χ1n) is 23.7. The van der Waals surface area contributed by atoms with Gasteiger partial charge in [-0.1, -0.05) is 158 Å². The van der Waals surface area contributed by atoms with Crippen LogP contribution in [-0.2, 0) is 5.41 Å². The number of hydrogen-bond acceptors (Lipinski definition) is 6. The van der Waals surface area contributed by atoms with Gasteiger partial charge in [-0.3, -0.25) is 0 Å². The van der Waals surface area contributed by atoms with Crippen LogP contribution in [0, 0.1) is 0 Å². The molecule has 4 aromatic heterocycles. The maximum Gasteiger partial charge on any atom is 0.164 e. The standard InChI is InChI=1S/C64H35N3O3/c1-6-22-48-39(14-1)40-15-2-7-23-49(40)64(48)50-24-8-3-17-42(50)58-38(19-11-25-51(58)64)36-30-32-55-47(34-36)60-45(21-13-29-57(60)70-55)63-66-61(37-31-33-54-46(35-37)41-16-4-9-26-52(41)68-54)65-62(67-63)44-20-12-28-56-59(44)43-18-5-10-27-53(43)69-56/h1-35H. The van der Waals surface area contributed by atoms with Gasteiger partial charge in [0.15, 0.2) is 17.5 Å². The largest absolute Gasteiger partial charge is 0.456 e. The zero-order chi connectivity index (χ0) is 45.7. The van der Waals surface area contributed by atoms with Crippen LogP contribution in [0.2, 0.25) is 0 Å². The Bertz CT molecular complexity index is 4530. The molecule has 16 rings (SSSR count). The number of rotatable bonds is 4. The Labute approximate surface area is 399 Å². The molecule has 0 saturated carbocycles. The fourth-order valence-electron chi connectivity index (χ4n) is 12.1. The van der Waals surface area contributed by atoms with Gasteiger partial charge in [0.2, 0.25) is 0 Å². The van der Waals surface area contributed by atoms with E-state index in [4.69, 9.17) is 28.2 Å². The van der Waals surface area contributed by atoms with Crippen molar-refractivity contribution in [1.29, 1.82) is 0 Å². The molecule has 0 radical (unpaired) electrons. The van der Waals surface area contributed by atoms with Crippen LogP contribution in [0.3, 0.4) is 0 Å². The van der Waals surface area contributed by atoms with Crippen molar-refractivity contribution in [3.63, 3.8) is 0 Å². The Morgan fingerprint density at radius 2 is 0.700 bits per heavy atom. The van der Waals surface area contributed by atoms with Crippen LogP contribution in [-0.4, -0.2) is 15.0 Å². The quantitative estimate of drug-likeness (QED) is 0.175. The van der Waals surface area contributed by atoms with E-state index in [9.17, 15) is 0 Å². The summed E-state index contributed by atoms with van der Waals surface area (Å²) in [7, 11) is 0. The molecule has 0 N–H and O–H groups in total. The molecular weight excluding hydrogens is 859 g/mol. The third-order valence-corrected chi connectivity index (χ3v) is 15.0. The van der Waals surface area contributed by atoms with Crippen molar-refractivity contribution >= 4 is 65.8 Å². The predicted octanol–water partition coefficient (Wildman–Crippen LogP) is 16.6. The summed E-state index contributed by atoms with van der Waals surface area (Å²) in [6.45, 7) is 0. The number of hydrogen-bond donors (Lipinski definition) is 0. The lowest BCUT2D eigenvalue weighted by atomic mass is 9.70. The van der Waals surface area contributed by atoms with Gasteiger partial charge in [0, 0.05) is 49.0 Å². The van der Waals surface area contributed by atoms with E-state index in [1.807, 2.05) is 72.8 Å². The van der Waals surface area contributed by atoms with E-state index < -0.39 is 5.41 Å². The van der Waals surface area contributed by atoms with Crippen LogP contribution in [0.1, 0.15) is 22.3 Å². The molecule has 0 saturated heterocycles. The molecule has 1 spiro atoms. The first-order chi connectivity index (χ1) is 34.7. The first kappa shape index (κ1) is 37.7. The van der Waals surface area contributed by atoms with Gasteiger partial charge in [-0.15, -0.1) is 0 Å². The van der Waals surface area contributed by atoms with Crippen LogP contribution in [0.25, 0.3) is 133 Å². The summed E-state index contributed by atoms with van der Waals surface area (Å²) in [6.07, 6.45) is 0. The number of aromatic nitrogens is 3. The summed E-state index contributed by atoms with van der Waals surface area (Å²) in [5.74, 6) is 1.63. The zero-order valence-electron chi connectivity index (χ0n) is 37.3. The van der Waals surface area contributed by atoms with Gasteiger partial charge in [0.05, 0.1) is 5.41 Å². The highest BCUT2D eigenvalue weighted by molar-refractivity contribution is 6.15. The molecule has 4 heterocycles. The number of para-hydroxylation sites is 2. The van der Waals surface area contributed by atoms with Gasteiger partial charge in [0.25, 0.3) is 0 Å². The summed E-state index contributed by atoms with van der Waals surface area (Å²) >= 11 is 0. The average molecular weight is 894 g/mol. The van der Waals surface area contributed by atoms with E-state index in [2.05, 4.69) is 140 Å². The molecule has 0 atom stereocenters. The highest BCUT2D eigenvalue weighted by Gasteiger charge is 2.52. The van der Waals surface area contributed by atoms with Crippen molar-refractivity contribution in [3.8, 4) is 67.5 Å². The Kier molecular flexibility index (Phi) is 7.45. The number of benzene rings is 10. The number of furan rings is 3. The Morgan fingerprint density at radius 1 is 0.271 bits per heavy atom. The Morgan fingerprint density at radius 3 is 1.40 bits per heavy atom. The summed E-state index contributed by atoms with van der Waals surface area (Å²) < 4.78 is 19.4. The van der Waals surface area contributed by atoms with Crippen LogP contribution in [0.5, 0.6) is 0 Å². The molecule has 324 valence electrons. The van der Waals surface area contributed by atoms with Gasteiger partial charge in [-0.2, -0.15) is 0 Å². The minimum Gasteiger partial charge on any atom is -0.456 e. The normalized spacial score (nSPS) is 13.3. The van der Waals surface area contributed by atoms with Crippen LogP contribution in [0.4, 0.5) is 0 Å². The number of nitrogens with zero attached hydrogens (tertiary/aromatic N) is 3. The topological polar surface area (TPSA) is 78.1 Å². The van der Waals surface area contributed by atoms with Crippen molar-refractivity contribution < 1.29 is 13.3 Å². The minimum absolute atomic E-state index is 0.439. The summed E-state index contributed by atoms with van der Waals surface area (Å²) in [6, 6.07) is 75.0. The van der Waals surface area contributed by atoms with E-state index in [0.717, 1.165) is 88.1 Å². The van der Waals surface area contributed by atoms with Gasteiger partial charge in [-0.05, 0) is 110 Å². The third kappa shape index (κ3) is 4.98. The zero-order valence-corrected chi connectivity index (χ0v) is 37.3. The summed E-state index contributed by atoms with van der Waals surface area (Å²) in [5, 5.41) is 5.91. The van der Waals surface area contributed by atoms with Crippen molar-refractivity contribution in [2.45, 2.75) is 5.41 Å². The van der Waals surface area contributed by atoms with E-state index in [-0.39, 0.29) is 0 Å². The molecule has 0 amide bonds. The second-order valence-corrected chi connectivity index (χ2v) is 18.5. The van der Waals surface area contributed by atoms with E-state index in [1.165, 1.54) is 50.1 Å². The van der Waals surface area contributed by atoms with Gasteiger partial charge in [-0.25, -0.2) is 15.0 Å². The molecule has 70 heavy (non-hydrogen) atoms. The Hall–Kier alpha value is -9.39. The maximum atomic E-state index is 6.72. The molecule has 2 aliphatic rings. The van der Waals surface area contributed by atoms with Gasteiger partial charge in [0.1, 0.15) is 33.5 Å². The van der Waals surface area contributed by atoms with Crippen molar-refractivity contribution in [2.24, 2.45) is 0 Å². The predicted molar refractivity (Wildman–Crippen MR) is 280 cm³/mol. The maximum absolute atomic E-state index is 6.72. The second-order valence-electron chi connectivity index (χ2n) is 18.5. The van der Waals surface area contributed by atoms with Crippen LogP contribution in [0.15, 0.2) is 226 Å². The fourth-order valence-corrected chi connectivity index (χ4v) is 12.1. The van der Waals surface area contributed by atoms with Crippen molar-refractivity contribution in [2.75, 3.05) is 0 Å². The lowest BCUT2D eigenvalue weighted by Crippen LogP contribution is -2.25. The van der Waals surface area contributed by atoms with E-state index in [0.29, 0.717) is 17.5 Å². The molecule has 10 aromatic carbocycles. The fraction of sp³-hybridized carbons (Fsp3) is 0.0156. The van der Waals surface area contributed by atoms with Crippen LogP contribution >= 0.6 is 0 Å². The monoisotopic (exact) mass is 893 g/mol. The molecule has 6 heteroatoms. The first-order valence-corrected chi connectivity index (χ1v) is 23.7. The molecule has 2 aliphatic carbocycles. The van der Waals surface area contributed by atoms with Crippen molar-refractivity contribution in [1.82, 2.24) is 15.0 Å². The molecule has 6 nitrogen and oxygen atoms in total. The molecule has 0 fully saturated rings. The lowest BCUT2D eigenvalue weighted by molar-refractivity contribution is 0.668. The lowest BCUT2D eigenvalue weighted by Gasteiger charge is -2.30. The molecular formula is C64H35N3O3. The SMILES string of the molecule is c1ccc2c(c1)-c1ccccc1C21c2ccccc2-c2c(-c3ccc4oc5cccc(-c6nc(-c7ccc8oc9ccccc9c8c7)nc(-c7cccc8oc9ccccc9c78)n6)c5c4c3)cccc21. The van der Waals surface area contributed by atoms with E-state index >= 15 is 0 Å². The molecule has 14 aromatic rings. The smallest absolute Gasteiger partial charge is 0.164 e. The molecule has 0 unspecified atom stereocenters. The third-order valence-electron chi connectivity index (χ3n) is 15.0. The number of fused-ring (bicyclic) bond motifs is 19. The summed E-state index contributed by atoms with van der Waals surface area (Å²) in [5.41, 5.74) is 19.5. The Balaban J connectivity index is 0.926. The van der Waals surface area contributed by atoms with Crippen LogP contribution < -0.4 is 0 Å². The molecule has 0 aliphatic heterocycles.